The molecule has 28 heavy (non-hydrogen) atoms. The van der Waals surface area contributed by atoms with Crippen LogP contribution in [0.1, 0.15) is 50.8 Å². The fourth-order valence-electron chi connectivity index (χ4n) is 3.02. The van der Waals surface area contributed by atoms with Crippen LogP contribution >= 0.6 is 0 Å². The number of carbonyl (C=O) groups is 2. The van der Waals surface area contributed by atoms with Gasteiger partial charge in [-0.25, -0.2) is 4.98 Å². The number of unbranched alkanes of at least 4 members (excludes halogenated alkanes) is 1. The molecule has 0 unspecified atom stereocenters. The van der Waals surface area contributed by atoms with E-state index in [0.717, 1.165) is 24.1 Å². The van der Waals surface area contributed by atoms with Crippen LogP contribution in [-0.4, -0.2) is 27.6 Å². The number of nitrogens with zero attached hydrogens (tertiary/aromatic N) is 2. The number of aromatic nitrogens is 2. The molecule has 0 bridgehead atoms. The summed E-state index contributed by atoms with van der Waals surface area (Å²) in [7, 11) is 1.88. The molecular weight excluding hydrogens is 356 g/mol. The number of imidazole rings is 1. The average molecular weight is 386 g/mol. The Bertz CT molecular complexity index is 742. The van der Waals surface area contributed by atoms with Gasteiger partial charge in [0.15, 0.2) is 0 Å². The molecule has 0 fully saturated rings. The van der Waals surface area contributed by atoms with Crippen LogP contribution in [0.5, 0.6) is 0 Å². The number of hydrogen-bond acceptors (Lipinski definition) is 5. The normalized spacial score (nSPS) is 13.0. The summed E-state index contributed by atoms with van der Waals surface area (Å²) in [5, 5.41) is 0. The zero-order chi connectivity index (χ0) is 20.4. The number of esters is 2. The lowest BCUT2D eigenvalue weighted by Crippen LogP contribution is -2.35. The largest absolute Gasteiger partial charge is 0.461 e. The molecule has 0 amide bonds. The van der Waals surface area contributed by atoms with Crippen LogP contribution in [0.25, 0.3) is 0 Å². The lowest BCUT2D eigenvalue weighted by molar-refractivity contribution is -0.163. The van der Waals surface area contributed by atoms with Gasteiger partial charge in [0.25, 0.3) is 0 Å². The minimum absolute atomic E-state index is 0.207. The summed E-state index contributed by atoms with van der Waals surface area (Å²) < 4.78 is 13.1. The molecule has 1 aromatic heterocycles. The molecule has 0 aliphatic rings. The lowest BCUT2D eigenvalue weighted by Gasteiger charge is -2.25. The molecular formula is C22H30N2O4. The van der Waals surface area contributed by atoms with Gasteiger partial charge in [-0.05, 0) is 18.4 Å². The summed E-state index contributed by atoms with van der Waals surface area (Å²) in [6.45, 7) is 4.14. The Morgan fingerprint density at radius 1 is 1.18 bits per heavy atom. The highest BCUT2D eigenvalue weighted by molar-refractivity contribution is 5.75. The Balaban J connectivity index is 2.08. The van der Waals surface area contributed by atoms with Crippen molar-refractivity contribution in [2.24, 2.45) is 13.0 Å². The first-order chi connectivity index (χ1) is 13.5. The molecule has 1 heterocycles. The molecule has 0 saturated heterocycles. The minimum Gasteiger partial charge on any atom is -0.461 e. The van der Waals surface area contributed by atoms with Crippen molar-refractivity contribution in [3.63, 3.8) is 0 Å². The van der Waals surface area contributed by atoms with Crippen molar-refractivity contribution < 1.29 is 19.1 Å². The number of aryl methyl sites for hydroxylation is 1. The van der Waals surface area contributed by atoms with Crippen LogP contribution in [-0.2, 0) is 39.1 Å². The van der Waals surface area contributed by atoms with E-state index in [-0.39, 0.29) is 18.5 Å². The Kier molecular flexibility index (Phi) is 8.72. The molecule has 6 nitrogen and oxygen atoms in total. The Morgan fingerprint density at radius 3 is 2.54 bits per heavy atom. The maximum atomic E-state index is 12.8. The third kappa shape index (κ3) is 6.51. The van der Waals surface area contributed by atoms with E-state index in [1.807, 2.05) is 55.8 Å². The Hall–Kier alpha value is -2.63. The predicted molar refractivity (Wildman–Crippen MR) is 106 cm³/mol. The molecule has 0 aliphatic heterocycles. The van der Waals surface area contributed by atoms with Crippen LogP contribution in [0.3, 0.4) is 0 Å². The zero-order valence-corrected chi connectivity index (χ0v) is 17.0. The summed E-state index contributed by atoms with van der Waals surface area (Å²) in [6, 6.07) is 9.54. The van der Waals surface area contributed by atoms with Crippen LogP contribution in [0.4, 0.5) is 0 Å². The van der Waals surface area contributed by atoms with Gasteiger partial charge in [0, 0.05) is 31.8 Å². The molecule has 0 aliphatic carbocycles. The van der Waals surface area contributed by atoms with Crippen molar-refractivity contribution in [1.29, 1.82) is 0 Å². The van der Waals surface area contributed by atoms with E-state index in [9.17, 15) is 9.59 Å². The van der Waals surface area contributed by atoms with E-state index in [1.165, 1.54) is 0 Å². The van der Waals surface area contributed by atoms with Gasteiger partial charge in [0.1, 0.15) is 12.7 Å². The topological polar surface area (TPSA) is 70.4 Å². The molecule has 2 aromatic rings. The van der Waals surface area contributed by atoms with E-state index in [0.29, 0.717) is 19.3 Å². The van der Waals surface area contributed by atoms with Crippen LogP contribution < -0.4 is 0 Å². The highest BCUT2D eigenvalue weighted by Gasteiger charge is 2.32. The second-order valence-electron chi connectivity index (χ2n) is 6.94. The number of benzene rings is 1. The van der Waals surface area contributed by atoms with Gasteiger partial charge in [-0.1, -0.05) is 50.6 Å². The second kappa shape index (κ2) is 11.3. The number of hydrogen-bond donors (Lipinski definition) is 0. The fourth-order valence-corrected chi connectivity index (χ4v) is 3.02. The van der Waals surface area contributed by atoms with Crippen molar-refractivity contribution in [3.8, 4) is 0 Å². The first-order valence-corrected chi connectivity index (χ1v) is 9.90. The molecule has 0 spiro atoms. The van der Waals surface area contributed by atoms with Crippen molar-refractivity contribution in [2.45, 2.75) is 58.7 Å². The summed E-state index contributed by atoms with van der Waals surface area (Å²) in [5.41, 5.74) is 1.83. The van der Waals surface area contributed by atoms with E-state index in [1.54, 1.807) is 12.5 Å². The maximum absolute atomic E-state index is 12.8. The van der Waals surface area contributed by atoms with Crippen LogP contribution in [0.15, 0.2) is 42.9 Å². The van der Waals surface area contributed by atoms with Crippen molar-refractivity contribution in [1.82, 2.24) is 9.55 Å². The van der Waals surface area contributed by atoms with Crippen LogP contribution in [0.2, 0.25) is 0 Å². The number of carbonyl (C=O) groups excluding carboxylic acids is 2. The summed E-state index contributed by atoms with van der Waals surface area (Å²) in [5.74, 6) is -1.14. The van der Waals surface area contributed by atoms with Gasteiger partial charge in [-0.3, -0.25) is 9.59 Å². The zero-order valence-electron chi connectivity index (χ0n) is 17.0. The van der Waals surface area contributed by atoms with E-state index in [4.69, 9.17) is 9.47 Å². The highest BCUT2D eigenvalue weighted by Crippen LogP contribution is 2.21. The molecule has 0 radical (unpaired) electrons. The van der Waals surface area contributed by atoms with E-state index >= 15 is 0 Å². The quantitative estimate of drug-likeness (QED) is 0.549. The summed E-state index contributed by atoms with van der Waals surface area (Å²) in [6.07, 6.45) is 5.84. The first-order valence-electron chi connectivity index (χ1n) is 9.90. The van der Waals surface area contributed by atoms with Crippen LogP contribution in [0, 0.1) is 5.92 Å². The van der Waals surface area contributed by atoms with Gasteiger partial charge < -0.3 is 14.0 Å². The Labute approximate surface area is 166 Å². The molecule has 6 heteroatoms. The standard InChI is InChI=1S/C22H30N2O4/c1-4-6-12-21(25)28-20(13-18-14-23-16-24(18)3)19(5-2)22(26)27-15-17-10-8-7-9-11-17/h7-11,14,16,19-20H,4-6,12-13,15H2,1-3H3/t19-,20+/m0/s1. The highest BCUT2D eigenvalue weighted by atomic mass is 16.6. The third-order valence-electron chi connectivity index (χ3n) is 4.76. The SMILES string of the molecule is CCCCC(=O)O[C@H](Cc1cncn1C)[C@H](CC)C(=O)OCc1ccccc1. The molecule has 1 aromatic carbocycles. The fraction of sp³-hybridized carbons (Fsp3) is 0.500. The van der Waals surface area contributed by atoms with Gasteiger partial charge >= 0.3 is 11.9 Å². The maximum Gasteiger partial charge on any atom is 0.313 e. The molecule has 2 rings (SSSR count). The summed E-state index contributed by atoms with van der Waals surface area (Å²) in [4.78, 5) is 29.1. The monoisotopic (exact) mass is 386 g/mol. The Morgan fingerprint density at radius 2 is 1.93 bits per heavy atom. The van der Waals surface area contributed by atoms with Crippen molar-refractivity contribution >= 4 is 11.9 Å². The van der Waals surface area contributed by atoms with Gasteiger partial charge in [0.05, 0.1) is 12.2 Å². The van der Waals surface area contributed by atoms with Gasteiger partial charge in [0.2, 0.25) is 0 Å². The third-order valence-corrected chi connectivity index (χ3v) is 4.76. The van der Waals surface area contributed by atoms with E-state index in [2.05, 4.69) is 4.98 Å². The van der Waals surface area contributed by atoms with Gasteiger partial charge in [-0.2, -0.15) is 0 Å². The molecule has 0 saturated carbocycles. The van der Waals surface area contributed by atoms with Gasteiger partial charge in [-0.15, -0.1) is 0 Å². The first kappa shape index (κ1) is 21.7. The average Bonchev–Trinajstić information content (AvgIpc) is 3.10. The molecule has 152 valence electrons. The van der Waals surface area contributed by atoms with E-state index < -0.39 is 12.0 Å². The van der Waals surface area contributed by atoms with Crippen molar-refractivity contribution in [2.75, 3.05) is 0 Å². The number of ether oxygens (including phenoxy) is 2. The number of rotatable bonds is 11. The smallest absolute Gasteiger partial charge is 0.313 e. The second-order valence-corrected chi connectivity index (χ2v) is 6.94. The molecule has 2 atom stereocenters. The lowest BCUT2D eigenvalue weighted by atomic mass is 9.95. The minimum atomic E-state index is -0.576. The van der Waals surface area contributed by atoms with Crippen molar-refractivity contribution in [3.05, 3.63) is 54.1 Å². The predicted octanol–water partition coefficient (Wildman–Crippen LogP) is 3.83. The summed E-state index contributed by atoms with van der Waals surface area (Å²) >= 11 is 0. The molecule has 0 N–H and O–H groups in total.